The van der Waals surface area contributed by atoms with Crippen molar-refractivity contribution in [3.05, 3.63) is 60.4 Å². The first kappa shape index (κ1) is 16.8. The molecule has 2 amide bonds. The third kappa shape index (κ3) is 5.00. The predicted molar refractivity (Wildman–Crippen MR) is 87.0 cm³/mol. The van der Waals surface area contributed by atoms with Gasteiger partial charge in [0.05, 0.1) is 10.8 Å². The molecule has 0 saturated carbocycles. The van der Waals surface area contributed by atoms with Crippen LogP contribution in [-0.2, 0) is 15.6 Å². The lowest BCUT2D eigenvalue weighted by atomic mass is 10.2. The Morgan fingerprint density at radius 3 is 2.43 bits per heavy atom. The lowest BCUT2D eigenvalue weighted by molar-refractivity contribution is -0.119. The van der Waals surface area contributed by atoms with Gasteiger partial charge < -0.3 is 11.1 Å². The van der Waals surface area contributed by atoms with E-state index in [0.717, 1.165) is 0 Å². The Morgan fingerprint density at radius 1 is 1.13 bits per heavy atom. The van der Waals surface area contributed by atoms with Crippen LogP contribution >= 0.6 is 0 Å². The van der Waals surface area contributed by atoms with E-state index >= 15 is 0 Å². The fraction of sp³-hybridized carbons (Fsp3) is 0.188. The number of nitrogens with two attached hydrogens (primary N) is 1. The molecule has 2 aromatic rings. The van der Waals surface area contributed by atoms with Gasteiger partial charge in [-0.25, -0.2) is 0 Å². The molecule has 120 valence electrons. The molecular formula is C16H17N3O3S. The minimum Gasteiger partial charge on any atom is -0.368 e. The lowest BCUT2D eigenvalue weighted by Gasteiger charge is -2.15. The number of nitrogens with zero attached hydrogens (tertiary/aromatic N) is 1. The summed E-state index contributed by atoms with van der Waals surface area (Å²) < 4.78 is 12.2. The largest absolute Gasteiger partial charge is 0.368 e. The van der Waals surface area contributed by atoms with Gasteiger partial charge in [-0.3, -0.25) is 18.8 Å². The summed E-state index contributed by atoms with van der Waals surface area (Å²) in [5.74, 6) is -0.931. The Balaban J connectivity index is 1.96. The van der Waals surface area contributed by atoms with Crippen molar-refractivity contribution in [3.8, 4) is 0 Å². The predicted octanol–water partition coefficient (Wildman–Crippen LogP) is 0.863. The Labute approximate surface area is 136 Å². The van der Waals surface area contributed by atoms with Gasteiger partial charge in [0.15, 0.2) is 0 Å². The second kappa shape index (κ2) is 8.19. The number of hydrogen-bond donors (Lipinski definition) is 2. The van der Waals surface area contributed by atoms with Gasteiger partial charge in [-0.1, -0.05) is 24.3 Å². The quantitative estimate of drug-likeness (QED) is 0.785. The number of nitrogens with one attached hydrogen (secondary N) is 1. The highest BCUT2D eigenvalue weighted by Crippen LogP contribution is 2.08. The smallest absolute Gasteiger partial charge is 0.270 e. The molecule has 0 spiro atoms. The number of primary amides is 1. The molecule has 0 radical (unpaired) electrons. The van der Waals surface area contributed by atoms with Gasteiger partial charge >= 0.3 is 0 Å². The first-order valence-electron chi connectivity index (χ1n) is 7.02. The van der Waals surface area contributed by atoms with Gasteiger partial charge in [-0.15, -0.1) is 0 Å². The summed E-state index contributed by atoms with van der Waals surface area (Å²) in [4.78, 5) is 28.1. The summed E-state index contributed by atoms with van der Waals surface area (Å²) in [6, 6.07) is 12.9. The first-order valence-corrected chi connectivity index (χ1v) is 8.34. The molecule has 1 aromatic carbocycles. The first-order chi connectivity index (χ1) is 11.1. The fourth-order valence-corrected chi connectivity index (χ4v) is 3.08. The van der Waals surface area contributed by atoms with E-state index in [2.05, 4.69) is 10.3 Å². The zero-order valence-electron chi connectivity index (χ0n) is 12.3. The van der Waals surface area contributed by atoms with Crippen molar-refractivity contribution in [1.29, 1.82) is 0 Å². The van der Waals surface area contributed by atoms with Crippen molar-refractivity contribution >= 4 is 22.6 Å². The number of rotatable bonds is 7. The molecule has 2 rings (SSSR count). The minimum atomic E-state index is -1.25. The zero-order chi connectivity index (χ0) is 16.7. The molecule has 23 heavy (non-hydrogen) atoms. The number of carbonyl (C=O) groups is 2. The van der Waals surface area contributed by atoms with Gasteiger partial charge in [0.25, 0.3) is 5.91 Å². The van der Waals surface area contributed by atoms with Crippen molar-refractivity contribution in [2.24, 2.45) is 5.73 Å². The van der Waals surface area contributed by atoms with Gasteiger partial charge in [0, 0.05) is 16.8 Å². The molecule has 7 heteroatoms. The summed E-state index contributed by atoms with van der Waals surface area (Å²) in [6.45, 7) is 0. The topological polar surface area (TPSA) is 102 Å². The maximum Gasteiger partial charge on any atom is 0.270 e. The molecule has 0 bridgehead atoms. The molecule has 2 atom stereocenters. The van der Waals surface area contributed by atoms with E-state index in [-0.39, 0.29) is 17.9 Å². The Hall–Kier alpha value is -2.54. The average Bonchev–Trinajstić information content (AvgIpc) is 2.59. The Bertz CT molecular complexity index is 692. The molecule has 0 unspecified atom stereocenters. The van der Waals surface area contributed by atoms with Crippen molar-refractivity contribution in [2.45, 2.75) is 17.4 Å². The zero-order valence-corrected chi connectivity index (χ0v) is 13.2. The average molecular weight is 331 g/mol. The highest BCUT2D eigenvalue weighted by atomic mass is 32.2. The lowest BCUT2D eigenvalue weighted by Crippen LogP contribution is -2.45. The standard InChI is InChI=1S/C16H17N3O3S/c17-15(20)13(19-16(21)14-8-4-5-10-18-14)9-11-23(22)12-6-2-1-3-7-12/h1-8,10,13H,9,11H2,(H2,17,20)(H,19,21)/t13-,23+/m0/s1. The maximum atomic E-state index is 12.2. The van der Waals surface area contributed by atoms with Crippen LogP contribution in [0.5, 0.6) is 0 Å². The molecule has 6 nitrogen and oxygen atoms in total. The highest BCUT2D eigenvalue weighted by Gasteiger charge is 2.20. The van der Waals surface area contributed by atoms with Crippen molar-refractivity contribution in [2.75, 3.05) is 5.75 Å². The molecule has 1 aromatic heterocycles. The van der Waals surface area contributed by atoms with Crippen LogP contribution in [0.4, 0.5) is 0 Å². The van der Waals surface area contributed by atoms with E-state index in [9.17, 15) is 13.8 Å². The van der Waals surface area contributed by atoms with Crippen LogP contribution in [-0.4, -0.2) is 32.8 Å². The summed E-state index contributed by atoms with van der Waals surface area (Å²) in [5.41, 5.74) is 5.51. The Morgan fingerprint density at radius 2 is 1.83 bits per heavy atom. The summed E-state index contributed by atoms with van der Waals surface area (Å²) in [7, 11) is -1.25. The van der Waals surface area contributed by atoms with Crippen LogP contribution in [0.2, 0.25) is 0 Å². The van der Waals surface area contributed by atoms with E-state index in [1.807, 2.05) is 6.07 Å². The van der Waals surface area contributed by atoms with Crippen LogP contribution in [0.25, 0.3) is 0 Å². The number of amides is 2. The summed E-state index contributed by atoms with van der Waals surface area (Å²) in [6.07, 6.45) is 1.67. The van der Waals surface area contributed by atoms with Crippen molar-refractivity contribution in [1.82, 2.24) is 10.3 Å². The molecular weight excluding hydrogens is 314 g/mol. The molecule has 0 aliphatic rings. The van der Waals surface area contributed by atoms with Crippen molar-refractivity contribution < 1.29 is 13.8 Å². The highest BCUT2D eigenvalue weighted by molar-refractivity contribution is 7.85. The normalized spacial score (nSPS) is 13.0. The fourth-order valence-electron chi connectivity index (χ4n) is 1.93. The number of hydrogen-bond acceptors (Lipinski definition) is 4. The van der Waals surface area contributed by atoms with Gasteiger partial charge in [0.2, 0.25) is 5.91 Å². The molecule has 1 heterocycles. The van der Waals surface area contributed by atoms with E-state index in [4.69, 9.17) is 5.73 Å². The molecule has 0 aliphatic carbocycles. The molecule has 0 saturated heterocycles. The third-order valence-corrected chi connectivity index (χ3v) is 4.55. The van der Waals surface area contributed by atoms with Crippen molar-refractivity contribution in [3.63, 3.8) is 0 Å². The molecule has 0 fully saturated rings. The third-order valence-electron chi connectivity index (χ3n) is 3.14. The number of pyridine rings is 1. The Kier molecular flexibility index (Phi) is 5.99. The molecule has 3 N–H and O–H groups in total. The van der Waals surface area contributed by atoms with E-state index in [0.29, 0.717) is 4.90 Å². The van der Waals surface area contributed by atoms with Crippen LogP contribution in [0.3, 0.4) is 0 Å². The SMILES string of the molecule is NC(=O)[C@H](CC[S@@](=O)c1ccccc1)NC(=O)c1ccccn1. The van der Waals surface area contributed by atoms with E-state index < -0.39 is 28.7 Å². The van der Waals surface area contributed by atoms with Gasteiger partial charge in [0.1, 0.15) is 11.7 Å². The van der Waals surface area contributed by atoms with Crippen LogP contribution < -0.4 is 11.1 Å². The summed E-state index contributed by atoms with van der Waals surface area (Å²) >= 11 is 0. The molecule has 0 aliphatic heterocycles. The minimum absolute atomic E-state index is 0.190. The second-order valence-electron chi connectivity index (χ2n) is 4.79. The monoisotopic (exact) mass is 331 g/mol. The number of carbonyl (C=O) groups excluding carboxylic acids is 2. The van der Waals surface area contributed by atoms with Crippen LogP contribution in [0.15, 0.2) is 59.6 Å². The van der Waals surface area contributed by atoms with E-state index in [1.54, 1.807) is 36.4 Å². The van der Waals surface area contributed by atoms with E-state index in [1.165, 1.54) is 12.3 Å². The maximum absolute atomic E-state index is 12.2. The number of benzene rings is 1. The summed E-state index contributed by atoms with van der Waals surface area (Å²) in [5, 5.41) is 2.53. The van der Waals surface area contributed by atoms with Gasteiger partial charge in [-0.2, -0.15) is 0 Å². The van der Waals surface area contributed by atoms with Gasteiger partial charge in [-0.05, 0) is 30.7 Å². The van der Waals surface area contributed by atoms with Crippen LogP contribution in [0.1, 0.15) is 16.9 Å². The number of aromatic nitrogens is 1. The second-order valence-corrected chi connectivity index (χ2v) is 6.37. The van der Waals surface area contributed by atoms with Crippen LogP contribution in [0, 0.1) is 0 Å².